The van der Waals surface area contributed by atoms with Crippen molar-refractivity contribution in [3.63, 3.8) is 0 Å². The van der Waals surface area contributed by atoms with Crippen LogP contribution in [0.15, 0.2) is 27.4 Å². The normalized spacial score (nSPS) is 11.5. The standard InChI is InChI=1S/C21H26O5/c1-12-9-13(2)17(14(3)10-12)18-16(26-20(24)21(4,5)6)11-15(7-8-22)25-19(18)23/h9-11,22H,7-8H2,1-6H3. The number of hydrogen-bond acceptors (Lipinski definition) is 5. The highest BCUT2D eigenvalue weighted by atomic mass is 16.5. The number of ether oxygens (including phenoxy) is 1. The number of hydrogen-bond donors (Lipinski definition) is 1. The lowest BCUT2D eigenvalue weighted by Crippen LogP contribution is -2.26. The molecule has 2 rings (SSSR count). The fraction of sp³-hybridized carbons (Fsp3) is 0.429. The summed E-state index contributed by atoms with van der Waals surface area (Å²) >= 11 is 0. The van der Waals surface area contributed by atoms with Crippen LogP contribution in [0.25, 0.3) is 11.1 Å². The monoisotopic (exact) mass is 358 g/mol. The molecule has 0 amide bonds. The van der Waals surface area contributed by atoms with E-state index in [4.69, 9.17) is 14.3 Å². The van der Waals surface area contributed by atoms with Gasteiger partial charge in [0, 0.05) is 12.5 Å². The molecule has 0 saturated heterocycles. The highest BCUT2D eigenvalue weighted by Gasteiger charge is 2.27. The van der Waals surface area contributed by atoms with Gasteiger partial charge in [0.15, 0.2) is 0 Å². The van der Waals surface area contributed by atoms with Crippen LogP contribution in [-0.4, -0.2) is 17.7 Å². The van der Waals surface area contributed by atoms with Gasteiger partial charge in [-0.05, 0) is 58.2 Å². The first-order chi connectivity index (χ1) is 12.0. The molecule has 0 radical (unpaired) electrons. The second-order valence-corrected chi connectivity index (χ2v) is 7.63. The lowest BCUT2D eigenvalue weighted by Gasteiger charge is -2.19. The first kappa shape index (κ1) is 19.9. The Hall–Kier alpha value is -2.40. The molecule has 140 valence electrons. The van der Waals surface area contributed by atoms with E-state index in [0.717, 1.165) is 16.7 Å². The zero-order valence-electron chi connectivity index (χ0n) is 16.2. The van der Waals surface area contributed by atoms with Gasteiger partial charge in [0.25, 0.3) is 0 Å². The summed E-state index contributed by atoms with van der Waals surface area (Å²) in [4.78, 5) is 25.1. The van der Waals surface area contributed by atoms with E-state index in [1.165, 1.54) is 6.07 Å². The Bertz CT molecular complexity index is 861. The maximum atomic E-state index is 12.7. The minimum atomic E-state index is -0.720. The summed E-state index contributed by atoms with van der Waals surface area (Å²) in [5, 5.41) is 9.15. The molecule has 0 spiro atoms. The summed E-state index contributed by atoms with van der Waals surface area (Å²) in [6, 6.07) is 5.47. The van der Waals surface area contributed by atoms with Crippen molar-refractivity contribution in [2.75, 3.05) is 6.61 Å². The van der Waals surface area contributed by atoms with Gasteiger partial charge in [0.2, 0.25) is 0 Å². The fourth-order valence-electron chi connectivity index (χ4n) is 2.89. The number of aliphatic hydroxyl groups excluding tert-OH is 1. The van der Waals surface area contributed by atoms with Gasteiger partial charge in [-0.1, -0.05) is 17.7 Å². The van der Waals surface area contributed by atoms with E-state index >= 15 is 0 Å². The number of carbonyl (C=O) groups is 1. The molecule has 5 nitrogen and oxygen atoms in total. The lowest BCUT2D eigenvalue weighted by atomic mass is 9.94. The third-order valence-electron chi connectivity index (χ3n) is 4.07. The van der Waals surface area contributed by atoms with Crippen LogP contribution in [0.3, 0.4) is 0 Å². The molecule has 0 aliphatic carbocycles. The molecule has 0 saturated carbocycles. The number of benzene rings is 1. The number of carbonyl (C=O) groups excluding carboxylic acids is 1. The first-order valence-electron chi connectivity index (χ1n) is 8.63. The third kappa shape index (κ3) is 4.22. The van der Waals surface area contributed by atoms with E-state index in [1.807, 2.05) is 32.9 Å². The Morgan fingerprint density at radius 2 is 1.65 bits per heavy atom. The summed E-state index contributed by atoms with van der Waals surface area (Å²) in [7, 11) is 0. The van der Waals surface area contributed by atoms with E-state index < -0.39 is 17.0 Å². The quantitative estimate of drug-likeness (QED) is 0.843. The van der Waals surface area contributed by atoms with Crippen molar-refractivity contribution in [1.29, 1.82) is 0 Å². The average molecular weight is 358 g/mol. The van der Waals surface area contributed by atoms with E-state index in [-0.39, 0.29) is 30.1 Å². The van der Waals surface area contributed by atoms with Crippen molar-refractivity contribution in [2.24, 2.45) is 5.41 Å². The molecule has 0 fully saturated rings. The number of rotatable bonds is 4. The SMILES string of the molecule is Cc1cc(C)c(-c2c(OC(=O)C(C)(C)C)cc(CCO)oc2=O)c(C)c1. The van der Waals surface area contributed by atoms with Crippen LogP contribution in [-0.2, 0) is 11.2 Å². The number of aryl methyl sites for hydroxylation is 3. The minimum Gasteiger partial charge on any atom is -0.427 e. The van der Waals surface area contributed by atoms with Crippen LogP contribution in [0.4, 0.5) is 0 Å². The summed E-state index contributed by atoms with van der Waals surface area (Å²) < 4.78 is 10.9. The summed E-state index contributed by atoms with van der Waals surface area (Å²) in [5.41, 5.74) is 2.52. The second-order valence-electron chi connectivity index (χ2n) is 7.63. The van der Waals surface area contributed by atoms with Gasteiger partial charge in [-0.2, -0.15) is 0 Å². The zero-order chi connectivity index (χ0) is 19.6. The van der Waals surface area contributed by atoms with Crippen molar-refractivity contribution in [2.45, 2.75) is 48.0 Å². The van der Waals surface area contributed by atoms with Crippen LogP contribution in [0.1, 0.15) is 43.2 Å². The topological polar surface area (TPSA) is 76.7 Å². The van der Waals surface area contributed by atoms with Gasteiger partial charge in [-0.15, -0.1) is 0 Å². The maximum Gasteiger partial charge on any atom is 0.347 e. The third-order valence-corrected chi connectivity index (χ3v) is 4.07. The fourth-order valence-corrected chi connectivity index (χ4v) is 2.89. The molecule has 0 unspecified atom stereocenters. The molecule has 0 atom stereocenters. The largest absolute Gasteiger partial charge is 0.427 e. The van der Waals surface area contributed by atoms with E-state index in [2.05, 4.69) is 0 Å². The Balaban J connectivity index is 2.73. The second kappa shape index (κ2) is 7.46. The molecular weight excluding hydrogens is 332 g/mol. The lowest BCUT2D eigenvalue weighted by molar-refractivity contribution is -0.142. The molecule has 1 aromatic carbocycles. The van der Waals surface area contributed by atoms with Crippen molar-refractivity contribution in [3.05, 3.63) is 51.1 Å². The highest BCUT2D eigenvalue weighted by Crippen LogP contribution is 2.34. The van der Waals surface area contributed by atoms with Crippen molar-refractivity contribution >= 4 is 5.97 Å². The van der Waals surface area contributed by atoms with Crippen LogP contribution in [0.2, 0.25) is 0 Å². The van der Waals surface area contributed by atoms with Gasteiger partial charge in [-0.25, -0.2) is 4.79 Å². The van der Waals surface area contributed by atoms with E-state index in [1.54, 1.807) is 20.8 Å². The minimum absolute atomic E-state index is 0.166. The van der Waals surface area contributed by atoms with E-state index in [0.29, 0.717) is 5.56 Å². The van der Waals surface area contributed by atoms with Gasteiger partial charge < -0.3 is 14.3 Å². The van der Waals surface area contributed by atoms with Gasteiger partial charge in [0.1, 0.15) is 17.1 Å². The molecule has 1 N–H and O–H groups in total. The Morgan fingerprint density at radius 1 is 1.08 bits per heavy atom. The van der Waals surface area contributed by atoms with Crippen molar-refractivity contribution < 1.29 is 19.1 Å². The molecule has 0 aliphatic heterocycles. The summed E-state index contributed by atoms with van der Waals surface area (Å²) in [5.74, 6) is 0.00164. The number of esters is 1. The highest BCUT2D eigenvalue weighted by molar-refractivity contribution is 5.82. The van der Waals surface area contributed by atoms with Gasteiger partial charge in [-0.3, -0.25) is 4.79 Å². The van der Waals surface area contributed by atoms with Crippen LogP contribution in [0.5, 0.6) is 5.75 Å². The Morgan fingerprint density at radius 3 is 2.15 bits per heavy atom. The molecular formula is C21H26O5. The predicted molar refractivity (Wildman–Crippen MR) is 101 cm³/mol. The van der Waals surface area contributed by atoms with Crippen LogP contribution >= 0.6 is 0 Å². The molecule has 26 heavy (non-hydrogen) atoms. The summed E-state index contributed by atoms with van der Waals surface area (Å²) in [6.07, 6.45) is 0.168. The Kier molecular flexibility index (Phi) is 5.71. The smallest absolute Gasteiger partial charge is 0.347 e. The number of aliphatic hydroxyl groups is 1. The first-order valence-corrected chi connectivity index (χ1v) is 8.63. The zero-order valence-corrected chi connectivity index (χ0v) is 16.2. The van der Waals surface area contributed by atoms with Gasteiger partial charge >= 0.3 is 11.6 Å². The van der Waals surface area contributed by atoms with Crippen LogP contribution < -0.4 is 10.4 Å². The average Bonchev–Trinajstić information content (AvgIpc) is 2.48. The molecule has 2 aromatic rings. The van der Waals surface area contributed by atoms with Crippen molar-refractivity contribution in [3.8, 4) is 16.9 Å². The molecule has 1 aromatic heterocycles. The Labute approximate surface area is 153 Å². The molecule has 5 heteroatoms. The van der Waals surface area contributed by atoms with Gasteiger partial charge in [0.05, 0.1) is 12.0 Å². The molecule has 1 heterocycles. The van der Waals surface area contributed by atoms with E-state index in [9.17, 15) is 9.59 Å². The summed E-state index contributed by atoms with van der Waals surface area (Å²) in [6.45, 7) is 10.9. The van der Waals surface area contributed by atoms with Crippen LogP contribution in [0, 0.1) is 26.2 Å². The van der Waals surface area contributed by atoms with Crippen molar-refractivity contribution in [1.82, 2.24) is 0 Å². The maximum absolute atomic E-state index is 12.7. The predicted octanol–water partition coefficient (Wildman–Crippen LogP) is 3.72. The molecule has 0 aliphatic rings. The molecule has 0 bridgehead atoms.